The molecule has 0 radical (unpaired) electrons. The van der Waals surface area contributed by atoms with Crippen LogP contribution in [-0.2, 0) is 4.74 Å². The number of rotatable bonds is 2. The van der Waals surface area contributed by atoms with E-state index in [9.17, 15) is 0 Å². The summed E-state index contributed by atoms with van der Waals surface area (Å²) in [6, 6.07) is 2.70. The monoisotopic (exact) mass is 318 g/mol. The summed E-state index contributed by atoms with van der Waals surface area (Å²) in [7, 11) is 0. The van der Waals surface area contributed by atoms with E-state index < -0.39 is 0 Å². The van der Waals surface area contributed by atoms with Gasteiger partial charge in [0.2, 0.25) is 0 Å². The van der Waals surface area contributed by atoms with Crippen LogP contribution < -0.4 is 0 Å². The number of ether oxygens (including phenoxy) is 1. The zero-order valence-electron chi connectivity index (χ0n) is 8.98. The Labute approximate surface area is 103 Å². The van der Waals surface area contributed by atoms with Gasteiger partial charge in [-0.15, -0.1) is 0 Å². The summed E-state index contributed by atoms with van der Waals surface area (Å²) in [6.45, 7) is 6.30. The highest BCUT2D eigenvalue weighted by Crippen LogP contribution is 2.57. The summed E-state index contributed by atoms with van der Waals surface area (Å²) in [5.74, 6) is 2.27. The minimum atomic E-state index is 0.464. The van der Waals surface area contributed by atoms with Gasteiger partial charge in [-0.3, -0.25) is 4.68 Å². The van der Waals surface area contributed by atoms with Gasteiger partial charge >= 0.3 is 0 Å². The van der Waals surface area contributed by atoms with E-state index in [1.54, 1.807) is 0 Å². The molecule has 0 bridgehead atoms. The molecular formula is C11H15IN2O. The normalized spacial score (nSPS) is 33.5. The average Bonchev–Trinajstić information content (AvgIpc) is 2.62. The van der Waals surface area contributed by atoms with E-state index in [2.05, 4.69) is 52.3 Å². The fraction of sp³-hybridized carbons (Fsp3) is 0.727. The van der Waals surface area contributed by atoms with Crippen molar-refractivity contribution >= 4 is 22.6 Å². The summed E-state index contributed by atoms with van der Waals surface area (Å²) < 4.78 is 8.73. The standard InChI is InChI=1S/C11H15IN2O/c1-6(2)14-9(3-10(12)13-14)11-7-4-15-5-8(7)11/h3,6-8,11H,4-5H2,1-2H3/t7-,8+,11+. The minimum absolute atomic E-state index is 0.464. The first-order valence-corrected chi connectivity index (χ1v) is 6.59. The second-order valence-corrected chi connectivity index (χ2v) is 5.93. The molecule has 2 aliphatic rings. The van der Waals surface area contributed by atoms with E-state index in [4.69, 9.17) is 4.74 Å². The molecule has 0 N–H and O–H groups in total. The summed E-state index contributed by atoms with van der Waals surface area (Å²) >= 11 is 2.30. The predicted octanol–water partition coefficient (Wildman–Crippen LogP) is 2.43. The highest BCUT2D eigenvalue weighted by atomic mass is 127. The zero-order chi connectivity index (χ0) is 10.6. The van der Waals surface area contributed by atoms with E-state index >= 15 is 0 Å². The fourth-order valence-corrected chi connectivity index (χ4v) is 3.27. The second-order valence-electron chi connectivity index (χ2n) is 4.82. The molecule has 1 saturated carbocycles. The largest absolute Gasteiger partial charge is 0.381 e. The van der Waals surface area contributed by atoms with Crippen LogP contribution in [0.4, 0.5) is 0 Å². The maximum atomic E-state index is 5.43. The van der Waals surface area contributed by atoms with Crippen molar-refractivity contribution in [1.82, 2.24) is 9.78 Å². The lowest BCUT2D eigenvalue weighted by Gasteiger charge is -2.11. The first-order valence-electron chi connectivity index (χ1n) is 5.51. The topological polar surface area (TPSA) is 27.1 Å². The van der Waals surface area contributed by atoms with Crippen LogP contribution in [0, 0.1) is 15.5 Å². The molecule has 3 rings (SSSR count). The molecule has 0 aromatic carbocycles. The van der Waals surface area contributed by atoms with E-state index in [1.807, 2.05) is 0 Å². The van der Waals surface area contributed by atoms with Crippen molar-refractivity contribution in [2.24, 2.45) is 11.8 Å². The van der Waals surface area contributed by atoms with Crippen molar-refractivity contribution in [2.75, 3.05) is 13.2 Å². The molecule has 15 heavy (non-hydrogen) atoms. The molecule has 0 spiro atoms. The van der Waals surface area contributed by atoms with Crippen LogP contribution in [-0.4, -0.2) is 23.0 Å². The molecule has 0 amide bonds. The Morgan fingerprint density at radius 1 is 1.47 bits per heavy atom. The van der Waals surface area contributed by atoms with Crippen molar-refractivity contribution in [3.63, 3.8) is 0 Å². The third-order valence-electron chi connectivity index (χ3n) is 3.52. The third kappa shape index (κ3) is 1.53. The summed E-state index contributed by atoms with van der Waals surface area (Å²) in [4.78, 5) is 0. The Balaban J connectivity index is 1.91. The number of hydrogen-bond acceptors (Lipinski definition) is 2. The molecule has 0 unspecified atom stereocenters. The molecular weight excluding hydrogens is 303 g/mol. The van der Waals surface area contributed by atoms with Crippen molar-refractivity contribution in [1.29, 1.82) is 0 Å². The highest BCUT2D eigenvalue weighted by Gasteiger charge is 2.56. The van der Waals surface area contributed by atoms with Crippen molar-refractivity contribution in [3.8, 4) is 0 Å². The fourth-order valence-electron chi connectivity index (χ4n) is 2.72. The molecule has 2 fully saturated rings. The zero-order valence-corrected chi connectivity index (χ0v) is 11.1. The molecule has 1 aromatic heterocycles. The van der Waals surface area contributed by atoms with Gasteiger partial charge < -0.3 is 4.74 Å². The third-order valence-corrected chi connectivity index (χ3v) is 4.04. The van der Waals surface area contributed by atoms with Crippen LogP contribution in [0.25, 0.3) is 0 Å². The molecule has 1 aromatic rings. The SMILES string of the molecule is CC(C)n1nc(I)cc1[C@H]1[C@@H]2COC[C@@H]21. The van der Waals surface area contributed by atoms with Crippen LogP contribution in [0.5, 0.6) is 0 Å². The van der Waals surface area contributed by atoms with Gasteiger partial charge in [-0.2, -0.15) is 5.10 Å². The van der Waals surface area contributed by atoms with Gasteiger partial charge in [0.15, 0.2) is 0 Å². The minimum Gasteiger partial charge on any atom is -0.381 e. The Hall–Kier alpha value is -0.100. The summed E-state index contributed by atoms with van der Waals surface area (Å²) in [6.07, 6.45) is 0. The summed E-state index contributed by atoms with van der Waals surface area (Å²) in [5.41, 5.74) is 1.42. The molecule has 3 atom stereocenters. The van der Waals surface area contributed by atoms with Crippen LogP contribution >= 0.6 is 22.6 Å². The molecule has 1 aliphatic carbocycles. The van der Waals surface area contributed by atoms with Crippen LogP contribution in [0.1, 0.15) is 31.5 Å². The van der Waals surface area contributed by atoms with Gasteiger partial charge in [-0.1, -0.05) is 0 Å². The quantitative estimate of drug-likeness (QED) is 0.783. The van der Waals surface area contributed by atoms with Crippen molar-refractivity contribution in [3.05, 3.63) is 15.5 Å². The van der Waals surface area contributed by atoms with Crippen molar-refractivity contribution in [2.45, 2.75) is 25.8 Å². The molecule has 1 aliphatic heterocycles. The second kappa shape index (κ2) is 3.45. The van der Waals surface area contributed by atoms with Crippen LogP contribution in [0.2, 0.25) is 0 Å². The Morgan fingerprint density at radius 3 is 2.73 bits per heavy atom. The van der Waals surface area contributed by atoms with E-state index in [1.165, 1.54) is 5.69 Å². The Morgan fingerprint density at radius 2 is 2.13 bits per heavy atom. The number of fused-ring (bicyclic) bond motifs is 1. The number of nitrogens with zero attached hydrogens (tertiary/aromatic N) is 2. The molecule has 2 heterocycles. The van der Waals surface area contributed by atoms with Crippen LogP contribution in [0.3, 0.4) is 0 Å². The lowest BCUT2D eigenvalue weighted by Crippen LogP contribution is -2.09. The average molecular weight is 318 g/mol. The maximum absolute atomic E-state index is 5.43. The van der Waals surface area contributed by atoms with Gasteiger partial charge in [0, 0.05) is 17.7 Å². The number of halogens is 1. The van der Waals surface area contributed by atoms with E-state index in [-0.39, 0.29) is 0 Å². The number of hydrogen-bond donors (Lipinski definition) is 0. The smallest absolute Gasteiger partial charge is 0.123 e. The molecule has 4 heteroatoms. The summed E-state index contributed by atoms with van der Waals surface area (Å²) in [5, 5.41) is 4.56. The molecule has 82 valence electrons. The maximum Gasteiger partial charge on any atom is 0.123 e. The predicted molar refractivity (Wildman–Crippen MR) is 65.9 cm³/mol. The van der Waals surface area contributed by atoms with Gasteiger partial charge in [-0.25, -0.2) is 0 Å². The van der Waals surface area contributed by atoms with Gasteiger partial charge in [-0.05, 0) is 54.3 Å². The van der Waals surface area contributed by atoms with Gasteiger partial charge in [0.25, 0.3) is 0 Å². The van der Waals surface area contributed by atoms with Crippen molar-refractivity contribution < 1.29 is 4.74 Å². The molecule has 3 nitrogen and oxygen atoms in total. The van der Waals surface area contributed by atoms with Gasteiger partial charge in [0.05, 0.1) is 13.2 Å². The number of aromatic nitrogens is 2. The first-order chi connectivity index (χ1) is 7.18. The lowest BCUT2D eigenvalue weighted by molar-refractivity contribution is 0.159. The molecule has 1 saturated heterocycles. The van der Waals surface area contributed by atoms with E-state index in [0.717, 1.165) is 34.7 Å². The van der Waals surface area contributed by atoms with Crippen LogP contribution in [0.15, 0.2) is 6.07 Å². The lowest BCUT2D eigenvalue weighted by atomic mass is 10.2. The Bertz CT molecular complexity index is 378. The Kier molecular flexibility index (Phi) is 2.32. The van der Waals surface area contributed by atoms with E-state index in [0.29, 0.717) is 6.04 Å². The van der Waals surface area contributed by atoms with Gasteiger partial charge in [0.1, 0.15) is 3.70 Å². The first kappa shape index (κ1) is 10.1. The highest BCUT2D eigenvalue weighted by molar-refractivity contribution is 14.1.